The van der Waals surface area contributed by atoms with Crippen molar-refractivity contribution >= 4 is 21.4 Å². The Kier molecular flexibility index (Phi) is 2.57. The molecule has 2 rings (SSSR count). The zero-order valence-corrected chi connectivity index (χ0v) is 10.2. The number of hydrogen-bond acceptors (Lipinski definition) is 2. The Morgan fingerprint density at radius 2 is 2.07 bits per heavy atom. The van der Waals surface area contributed by atoms with Crippen LogP contribution in [0.5, 0.6) is 0 Å². The van der Waals surface area contributed by atoms with E-state index in [-0.39, 0.29) is 0 Å². The Hall–Kier alpha value is -0.860. The van der Waals surface area contributed by atoms with Crippen molar-refractivity contribution in [3.63, 3.8) is 0 Å². The maximum Gasteiger partial charge on any atom is 0.0632 e. The highest BCUT2D eigenvalue weighted by Gasteiger charge is 2.15. The predicted octanol–water partition coefficient (Wildman–Crippen LogP) is 3.52. The summed E-state index contributed by atoms with van der Waals surface area (Å²) in [5, 5.41) is 13.3. The molecule has 2 heteroatoms. The first kappa shape index (κ1) is 10.7. The first-order chi connectivity index (χ1) is 6.97. The molecule has 0 saturated carbocycles. The first-order valence-corrected chi connectivity index (χ1v) is 6.03. The van der Waals surface area contributed by atoms with Crippen LogP contribution in [0.2, 0.25) is 0 Å². The minimum absolute atomic E-state index is 0.633. The Balaban J connectivity index is 2.52. The van der Waals surface area contributed by atoms with E-state index in [0.717, 1.165) is 0 Å². The van der Waals surface area contributed by atoms with Crippen LogP contribution in [0.25, 0.3) is 10.1 Å². The first-order valence-electron chi connectivity index (χ1n) is 5.15. The second kappa shape index (κ2) is 3.62. The van der Waals surface area contributed by atoms with E-state index >= 15 is 0 Å². The van der Waals surface area contributed by atoms with E-state index in [9.17, 15) is 5.11 Å². The van der Waals surface area contributed by atoms with Crippen LogP contribution in [0.3, 0.4) is 0 Å². The van der Waals surface area contributed by atoms with Gasteiger partial charge in [0, 0.05) is 11.1 Å². The molecule has 0 saturated heterocycles. The topological polar surface area (TPSA) is 20.2 Å². The lowest BCUT2D eigenvalue weighted by Gasteiger charge is -2.17. The lowest BCUT2D eigenvalue weighted by atomic mass is 9.97. The van der Waals surface area contributed by atoms with E-state index in [0.29, 0.717) is 6.42 Å². The Labute approximate surface area is 94.4 Å². The van der Waals surface area contributed by atoms with E-state index < -0.39 is 5.60 Å². The summed E-state index contributed by atoms with van der Waals surface area (Å²) in [6.07, 6.45) is 0.713. The zero-order valence-electron chi connectivity index (χ0n) is 9.37. The molecule has 1 nitrogen and oxygen atoms in total. The number of rotatable bonds is 2. The van der Waals surface area contributed by atoms with Gasteiger partial charge in [-0.15, -0.1) is 11.3 Å². The zero-order chi connectivity index (χ0) is 11.1. The molecule has 1 N–H and O–H groups in total. The molecule has 0 atom stereocenters. The summed E-state index contributed by atoms with van der Waals surface area (Å²) in [6.45, 7) is 5.84. The second-order valence-electron chi connectivity index (χ2n) is 4.70. The van der Waals surface area contributed by atoms with Crippen molar-refractivity contribution in [1.29, 1.82) is 0 Å². The fourth-order valence-electron chi connectivity index (χ4n) is 1.85. The van der Waals surface area contributed by atoms with Gasteiger partial charge in [-0.25, -0.2) is 0 Å². The largest absolute Gasteiger partial charge is 0.390 e. The molecule has 0 bridgehead atoms. The maximum absolute atomic E-state index is 9.84. The molecule has 1 aromatic carbocycles. The SMILES string of the molecule is Cc1csc2c(CC(C)(C)O)cccc12. The minimum atomic E-state index is -0.633. The second-order valence-corrected chi connectivity index (χ2v) is 5.58. The van der Waals surface area contributed by atoms with Gasteiger partial charge in [0.25, 0.3) is 0 Å². The summed E-state index contributed by atoms with van der Waals surface area (Å²) in [6, 6.07) is 6.33. The van der Waals surface area contributed by atoms with Gasteiger partial charge in [-0.1, -0.05) is 18.2 Å². The van der Waals surface area contributed by atoms with Crippen LogP contribution in [0.15, 0.2) is 23.6 Å². The third-order valence-electron chi connectivity index (χ3n) is 2.50. The number of hydrogen-bond donors (Lipinski definition) is 1. The molecule has 1 aromatic heterocycles. The van der Waals surface area contributed by atoms with Gasteiger partial charge in [0.2, 0.25) is 0 Å². The summed E-state index contributed by atoms with van der Waals surface area (Å²) in [7, 11) is 0. The lowest BCUT2D eigenvalue weighted by Crippen LogP contribution is -2.21. The standard InChI is InChI=1S/C13H16OS/c1-9-8-15-12-10(7-13(2,3)14)5-4-6-11(9)12/h4-6,8,14H,7H2,1-3H3. The number of aryl methyl sites for hydroxylation is 1. The number of aliphatic hydroxyl groups is 1. The molecule has 0 aliphatic heterocycles. The van der Waals surface area contributed by atoms with Crippen molar-refractivity contribution in [3.8, 4) is 0 Å². The molecule has 0 radical (unpaired) electrons. The third kappa shape index (κ3) is 2.21. The maximum atomic E-state index is 9.84. The fourth-order valence-corrected chi connectivity index (χ4v) is 2.92. The van der Waals surface area contributed by atoms with Gasteiger partial charge in [-0.05, 0) is 42.7 Å². The molecule has 0 aliphatic carbocycles. The van der Waals surface area contributed by atoms with Gasteiger partial charge in [-0.3, -0.25) is 0 Å². The summed E-state index contributed by atoms with van der Waals surface area (Å²) in [5.41, 5.74) is 1.94. The van der Waals surface area contributed by atoms with Crippen molar-refractivity contribution in [2.24, 2.45) is 0 Å². The van der Waals surface area contributed by atoms with Crippen LogP contribution in [0, 0.1) is 6.92 Å². The average molecular weight is 220 g/mol. The molecule has 2 aromatic rings. The number of benzene rings is 1. The summed E-state index contributed by atoms with van der Waals surface area (Å²) in [5.74, 6) is 0. The van der Waals surface area contributed by atoms with Gasteiger partial charge >= 0.3 is 0 Å². The van der Waals surface area contributed by atoms with Gasteiger partial charge in [0.15, 0.2) is 0 Å². The van der Waals surface area contributed by atoms with Crippen LogP contribution >= 0.6 is 11.3 Å². The Morgan fingerprint density at radius 3 is 2.73 bits per heavy atom. The molecule has 0 unspecified atom stereocenters. The highest BCUT2D eigenvalue weighted by atomic mass is 32.1. The van der Waals surface area contributed by atoms with E-state index in [1.807, 2.05) is 13.8 Å². The predicted molar refractivity (Wildman–Crippen MR) is 66.6 cm³/mol. The summed E-state index contributed by atoms with van der Waals surface area (Å²) >= 11 is 1.77. The van der Waals surface area contributed by atoms with Gasteiger partial charge in [0.1, 0.15) is 0 Å². The molecular formula is C13H16OS. The Bertz CT molecular complexity index is 477. The molecule has 0 aliphatic rings. The summed E-state index contributed by atoms with van der Waals surface area (Å²) < 4.78 is 1.32. The van der Waals surface area contributed by atoms with E-state index in [1.54, 1.807) is 11.3 Å². The van der Waals surface area contributed by atoms with Crippen LogP contribution in [0.4, 0.5) is 0 Å². The molecule has 0 fully saturated rings. The van der Waals surface area contributed by atoms with Crippen molar-refractivity contribution in [2.45, 2.75) is 32.8 Å². The van der Waals surface area contributed by atoms with E-state index in [2.05, 4.69) is 30.5 Å². The highest BCUT2D eigenvalue weighted by molar-refractivity contribution is 7.17. The van der Waals surface area contributed by atoms with Crippen molar-refractivity contribution in [1.82, 2.24) is 0 Å². The summed E-state index contributed by atoms with van der Waals surface area (Å²) in [4.78, 5) is 0. The molecule has 1 heterocycles. The third-order valence-corrected chi connectivity index (χ3v) is 3.69. The van der Waals surface area contributed by atoms with Crippen LogP contribution in [0.1, 0.15) is 25.0 Å². The number of thiophene rings is 1. The Morgan fingerprint density at radius 1 is 1.33 bits per heavy atom. The number of fused-ring (bicyclic) bond motifs is 1. The van der Waals surface area contributed by atoms with E-state index in [4.69, 9.17) is 0 Å². The molecule has 0 amide bonds. The van der Waals surface area contributed by atoms with Crippen LogP contribution in [-0.2, 0) is 6.42 Å². The molecule has 0 spiro atoms. The van der Waals surface area contributed by atoms with Crippen LogP contribution in [-0.4, -0.2) is 10.7 Å². The minimum Gasteiger partial charge on any atom is -0.390 e. The van der Waals surface area contributed by atoms with Gasteiger partial charge < -0.3 is 5.11 Å². The smallest absolute Gasteiger partial charge is 0.0632 e. The fraction of sp³-hybridized carbons (Fsp3) is 0.385. The average Bonchev–Trinajstić information content (AvgIpc) is 2.47. The van der Waals surface area contributed by atoms with Crippen molar-refractivity contribution < 1.29 is 5.11 Å². The van der Waals surface area contributed by atoms with Gasteiger partial charge in [-0.2, -0.15) is 0 Å². The lowest BCUT2D eigenvalue weighted by molar-refractivity contribution is 0.0814. The monoisotopic (exact) mass is 220 g/mol. The normalized spacial score (nSPS) is 12.3. The van der Waals surface area contributed by atoms with Crippen LogP contribution < -0.4 is 0 Å². The van der Waals surface area contributed by atoms with E-state index in [1.165, 1.54) is 21.2 Å². The quantitative estimate of drug-likeness (QED) is 0.821. The molecule has 15 heavy (non-hydrogen) atoms. The van der Waals surface area contributed by atoms with Gasteiger partial charge in [0.05, 0.1) is 5.60 Å². The molecule has 80 valence electrons. The molecular weight excluding hydrogens is 204 g/mol. The highest BCUT2D eigenvalue weighted by Crippen LogP contribution is 2.30. The van der Waals surface area contributed by atoms with Crippen molar-refractivity contribution in [3.05, 3.63) is 34.7 Å². The van der Waals surface area contributed by atoms with Crippen molar-refractivity contribution in [2.75, 3.05) is 0 Å².